The van der Waals surface area contributed by atoms with Crippen LogP contribution in [0.15, 0.2) is 34.1 Å². The van der Waals surface area contributed by atoms with Gasteiger partial charge in [-0.15, -0.1) is 11.3 Å². The van der Waals surface area contributed by atoms with Gasteiger partial charge in [0.1, 0.15) is 10.7 Å². The van der Waals surface area contributed by atoms with E-state index in [1.807, 2.05) is 18.2 Å². The maximum absolute atomic E-state index is 5.72. The zero-order chi connectivity index (χ0) is 13.8. The van der Waals surface area contributed by atoms with Crippen LogP contribution in [0.5, 0.6) is 5.75 Å². The van der Waals surface area contributed by atoms with Crippen LogP contribution >= 0.6 is 39.5 Å². The van der Waals surface area contributed by atoms with Crippen LogP contribution in [0.1, 0.15) is 10.4 Å². The number of nitrogens with one attached hydrogen (secondary N) is 1. The Morgan fingerprint density at radius 3 is 2.84 bits per heavy atom. The Morgan fingerprint density at radius 1 is 1.47 bits per heavy atom. The molecule has 100 valence electrons. The van der Waals surface area contributed by atoms with Gasteiger partial charge in [0.15, 0.2) is 0 Å². The normalized spacial score (nSPS) is 10.2. The predicted molar refractivity (Wildman–Crippen MR) is 88.2 cm³/mol. The van der Waals surface area contributed by atoms with E-state index in [4.69, 9.17) is 22.7 Å². The van der Waals surface area contributed by atoms with E-state index in [1.165, 1.54) is 4.88 Å². The first-order chi connectivity index (χ1) is 9.10. The van der Waals surface area contributed by atoms with Crippen LogP contribution in [0.3, 0.4) is 0 Å². The third-order valence-corrected chi connectivity index (χ3v) is 4.48. The molecule has 0 atom stereocenters. The van der Waals surface area contributed by atoms with Gasteiger partial charge in [-0.05, 0) is 34.1 Å². The molecule has 0 aliphatic heterocycles. The molecule has 0 saturated heterocycles. The van der Waals surface area contributed by atoms with E-state index in [2.05, 4.69) is 32.7 Å². The number of methoxy groups -OCH3 is 1. The lowest BCUT2D eigenvalue weighted by atomic mass is 10.1. The second kappa shape index (κ2) is 6.36. The summed E-state index contributed by atoms with van der Waals surface area (Å²) < 4.78 is 6.31. The van der Waals surface area contributed by atoms with Gasteiger partial charge in [-0.25, -0.2) is 0 Å². The van der Waals surface area contributed by atoms with Gasteiger partial charge >= 0.3 is 0 Å². The van der Waals surface area contributed by atoms with Crippen molar-refractivity contribution in [3.05, 3.63) is 44.6 Å². The quantitative estimate of drug-likeness (QED) is 0.800. The van der Waals surface area contributed by atoms with Gasteiger partial charge in [0.05, 0.1) is 7.11 Å². The number of rotatable bonds is 5. The number of nitrogens with two attached hydrogens (primary N) is 1. The summed E-state index contributed by atoms with van der Waals surface area (Å²) >= 11 is 10.2. The topological polar surface area (TPSA) is 47.3 Å². The zero-order valence-electron chi connectivity index (χ0n) is 10.3. The van der Waals surface area contributed by atoms with Crippen LogP contribution < -0.4 is 15.8 Å². The molecule has 0 saturated carbocycles. The van der Waals surface area contributed by atoms with E-state index in [9.17, 15) is 0 Å². The van der Waals surface area contributed by atoms with Crippen molar-refractivity contribution in [3.63, 3.8) is 0 Å². The Hall–Kier alpha value is -1.11. The standard InChI is InChI=1S/C13H13BrN2OS2/c1-17-9-2-3-11(13(15)18)12(5-9)16-6-10-4-8(14)7-19-10/h2-5,7,16H,6H2,1H3,(H2,15,18). The van der Waals surface area contributed by atoms with Gasteiger partial charge in [-0.1, -0.05) is 12.2 Å². The second-order valence-electron chi connectivity index (χ2n) is 3.86. The molecule has 0 unspecified atom stereocenters. The lowest BCUT2D eigenvalue weighted by Crippen LogP contribution is -2.13. The van der Waals surface area contributed by atoms with Gasteiger partial charge in [0.2, 0.25) is 0 Å². The highest BCUT2D eigenvalue weighted by Crippen LogP contribution is 2.25. The van der Waals surface area contributed by atoms with Gasteiger partial charge in [0, 0.05) is 38.6 Å². The largest absolute Gasteiger partial charge is 0.497 e. The first-order valence-corrected chi connectivity index (χ1v) is 7.63. The predicted octanol–water partition coefficient (Wildman–Crippen LogP) is 3.77. The summed E-state index contributed by atoms with van der Waals surface area (Å²) in [6, 6.07) is 7.70. The van der Waals surface area contributed by atoms with Crippen molar-refractivity contribution in [2.45, 2.75) is 6.54 Å². The van der Waals surface area contributed by atoms with Gasteiger partial charge in [-0.2, -0.15) is 0 Å². The molecule has 1 heterocycles. The number of thiocarbonyl (C=S) groups is 1. The van der Waals surface area contributed by atoms with Gasteiger partial charge < -0.3 is 15.8 Å². The summed E-state index contributed by atoms with van der Waals surface area (Å²) in [4.78, 5) is 1.60. The summed E-state index contributed by atoms with van der Waals surface area (Å²) in [6.45, 7) is 0.721. The smallest absolute Gasteiger partial charge is 0.120 e. The fraction of sp³-hybridized carbons (Fsp3) is 0.154. The van der Waals surface area contributed by atoms with Crippen LogP contribution in [0, 0.1) is 0 Å². The minimum atomic E-state index is 0.373. The summed E-state index contributed by atoms with van der Waals surface area (Å²) in [5, 5.41) is 5.39. The van der Waals surface area contributed by atoms with Crippen LogP contribution in [0.2, 0.25) is 0 Å². The number of thiophene rings is 1. The highest BCUT2D eigenvalue weighted by Gasteiger charge is 2.07. The number of benzene rings is 1. The van der Waals surface area contributed by atoms with Crippen LogP contribution in [-0.4, -0.2) is 12.1 Å². The van der Waals surface area contributed by atoms with Gasteiger partial charge in [-0.3, -0.25) is 0 Å². The van der Waals surface area contributed by atoms with E-state index in [-0.39, 0.29) is 0 Å². The molecule has 3 N–H and O–H groups in total. The van der Waals surface area contributed by atoms with Crippen molar-refractivity contribution in [1.29, 1.82) is 0 Å². The second-order valence-corrected chi connectivity index (χ2v) is 6.21. The van der Waals surface area contributed by atoms with Crippen LogP contribution in [0.25, 0.3) is 0 Å². The molecule has 6 heteroatoms. The third kappa shape index (κ3) is 3.68. The molecule has 2 rings (SSSR count). The lowest BCUT2D eigenvalue weighted by molar-refractivity contribution is 0.415. The molecule has 0 bridgehead atoms. The highest BCUT2D eigenvalue weighted by molar-refractivity contribution is 9.10. The molecule has 1 aromatic carbocycles. The van der Waals surface area contributed by atoms with Crippen molar-refractivity contribution in [2.75, 3.05) is 12.4 Å². The molecule has 0 radical (unpaired) electrons. The highest BCUT2D eigenvalue weighted by atomic mass is 79.9. The van der Waals surface area contributed by atoms with E-state index >= 15 is 0 Å². The zero-order valence-corrected chi connectivity index (χ0v) is 13.5. The molecule has 0 aliphatic carbocycles. The molecule has 1 aromatic heterocycles. The number of anilines is 1. The third-order valence-electron chi connectivity index (χ3n) is 2.57. The number of halogens is 1. The molecule has 0 aliphatic rings. The van der Waals surface area contributed by atoms with E-state index in [0.29, 0.717) is 4.99 Å². The average molecular weight is 357 g/mol. The molecule has 2 aromatic rings. The number of hydrogen-bond donors (Lipinski definition) is 2. The summed E-state index contributed by atoms with van der Waals surface area (Å²) in [5.41, 5.74) is 7.44. The molecule has 0 fully saturated rings. The Morgan fingerprint density at radius 2 is 2.26 bits per heavy atom. The minimum Gasteiger partial charge on any atom is -0.497 e. The minimum absolute atomic E-state index is 0.373. The number of hydrogen-bond acceptors (Lipinski definition) is 4. The Kier molecular flexibility index (Phi) is 4.79. The summed E-state index contributed by atoms with van der Waals surface area (Å²) in [5.74, 6) is 0.773. The maximum Gasteiger partial charge on any atom is 0.120 e. The van der Waals surface area contributed by atoms with Crippen molar-refractivity contribution < 1.29 is 4.74 Å². The van der Waals surface area contributed by atoms with Crippen LogP contribution in [-0.2, 0) is 6.54 Å². The van der Waals surface area contributed by atoms with Crippen LogP contribution in [0.4, 0.5) is 5.69 Å². The Labute approximate surface area is 129 Å². The Balaban J connectivity index is 2.19. The molecular formula is C13H13BrN2OS2. The molecule has 19 heavy (non-hydrogen) atoms. The van der Waals surface area contributed by atoms with E-state index in [0.717, 1.165) is 28.0 Å². The fourth-order valence-electron chi connectivity index (χ4n) is 1.64. The van der Waals surface area contributed by atoms with Crippen molar-refractivity contribution in [2.24, 2.45) is 5.73 Å². The molecule has 0 spiro atoms. The van der Waals surface area contributed by atoms with E-state index < -0.39 is 0 Å². The number of ether oxygens (including phenoxy) is 1. The summed E-state index contributed by atoms with van der Waals surface area (Å²) in [7, 11) is 1.63. The Bertz CT molecular complexity index is 598. The first-order valence-electron chi connectivity index (χ1n) is 5.55. The van der Waals surface area contributed by atoms with Gasteiger partial charge in [0.25, 0.3) is 0 Å². The van der Waals surface area contributed by atoms with Crippen molar-refractivity contribution in [1.82, 2.24) is 0 Å². The maximum atomic E-state index is 5.72. The average Bonchev–Trinajstić information content (AvgIpc) is 2.81. The van der Waals surface area contributed by atoms with Crippen molar-refractivity contribution in [3.8, 4) is 5.75 Å². The van der Waals surface area contributed by atoms with E-state index in [1.54, 1.807) is 18.4 Å². The molecular weight excluding hydrogens is 344 g/mol. The first kappa shape index (κ1) is 14.3. The van der Waals surface area contributed by atoms with Crippen molar-refractivity contribution >= 4 is 50.2 Å². The fourth-order valence-corrected chi connectivity index (χ4v) is 3.21. The molecule has 3 nitrogen and oxygen atoms in total. The lowest BCUT2D eigenvalue weighted by Gasteiger charge is -2.12. The molecule has 0 amide bonds. The summed E-state index contributed by atoms with van der Waals surface area (Å²) in [6.07, 6.45) is 0. The monoisotopic (exact) mass is 356 g/mol. The SMILES string of the molecule is COc1ccc(C(N)=S)c(NCc2cc(Br)cs2)c1.